The molecule has 0 aliphatic heterocycles. The van der Waals surface area contributed by atoms with Crippen LogP contribution in [0.4, 0.5) is 10.5 Å². The predicted octanol–water partition coefficient (Wildman–Crippen LogP) is 2.78. The van der Waals surface area contributed by atoms with E-state index in [2.05, 4.69) is 10.6 Å². The molecule has 1 rings (SSSR count). The van der Waals surface area contributed by atoms with Crippen molar-refractivity contribution in [2.45, 2.75) is 20.8 Å². The van der Waals surface area contributed by atoms with Crippen LogP contribution in [0.5, 0.6) is 0 Å². The fraction of sp³-hybridized carbons (Fsp3) is 0.286. The summed E-state index contributed by atoms with van der Waals surface area (Å²) in [7, 11) is 0. The lowest BCUT2D eigenvalue weighted by Crippen LogP contribution is -2.28. The number of nitrogens with one attached hydrogen (secondary N) is 2. The normalized spacial score (nSPS) is 9.63. The zero-order valence-corrected chi connectivity index (χ0v) is 11.3. The fourth-order valence-electron chi connectivity index (χ4n) is 1.50. The second-order valence-electron chi connectivity index (χ2n) is 4.45. The molecule has 1 aromatic carbocycles. The van der Waals surface area contributed by atoms with Gasteiger partial charge in [-0.15, -0.1) is 0 Å². The van der Waals surface area contributed by atoms with E-state index in [0.29, 0.717) is 17.8 Å². The van der Waals surface area contributed by atoms with Crippen LogP contribution >= 0.6 is 0 Å². The lowest BCUT2D eigenvalue weighted by Gasteiger charge is -2.08. The molecule has 19 heavy (non-hydrogen) atoms. The largest absolute Gasteiger partial charge is 0.478 e. The highest BCUT2D eigenvalue weighted by Crippen LogP contribution is 2.15. The molecule has 0 unspecified atom stereocenters. The summed E-state index contributed by atoms with van der Waals surface area (Å²) >= 11 is 0. The summed E-state index contributed by atoms with van der Waals surface area (Å²) in [5, 5.41) is 14.2. The van der Waals surface area contributed by atoms with Crippen molar-refractivity contribution in [3.63, 3.8) is 0 Å². The van der Waals surface area contributed by atoms with Gasteiger partial charge in [-0.2, -0.15) is 0 Å². The maximum absolute atomic E-state index is 11.6. The molecule has 0 atom stereocenters. The van der Waals surface area contributed by atoms with E-state index in [1.54, 1.807) is 19.1 Å². The van der Waals surface area contributed by atoms with Gasteiger partial charge in [0.1, 0.15) is 0 Å². The van der Waals surface area contributed by atoms with Crippen LogP contribution in [0.1, 0.15) is 29.8 Å². The number of allylic oxidation sites excluding steroid dienone is 1. The average molecular weight is 262 g/mol. The molecule has 0 aromatic heterocycles. The molecule has 5 heteroatoms. The molecule has 2 amide bonds. The van der Waals surface area contributed by atoms with E-state index in [-0.39, 0.29) is 11.6 Å². The molecule has 5 nitrogen and oxygen atoms in total. The van der Waals surface area contributed by atoms with Gasteiger partial charge in [-0.05, 0) is 44.5 Å². The first-order valence-corrected chi connectivity index (χ1v) is 5.92. The monoisotopic (exact) mass is 262 g/mol. The molecule has 0 radical (unpaired) electrons. The number of carbonyl (C=O) groups excluding carboxylic acids is 1. The smallest absolute Gasteiger partial charge is 0.335 e. The molecule has 3 N–H and O–H groups in total. The van der Waals surface area contributed by atoms with Crippen molar-refractivity contribution in [2.24, 2.45) is 0 Å². The van der Waals surface area contributed by atoms with Crippen LogP contribution in [-0.4, -0.2) is 23.7 Å². The number of hydrogen-bond donors (Lipinski definition) is 3. The Labute approximate surface area is 112 Å². The Hall–Kier alpha value is -2.30. The molecule has 0 bridgehead atoms. The minimum Gasteiger partial charge on any atom is -0.478 e. The molecule has 102 valence electrons. The molecule has 0 fully saturated rings. The standard InChI is InChI=1S/C14H18N2O3/c1-9(2)6-7-15-14(19)16-11-4-5-12(13(17)18)10(3)8-11/h4-6,8H,7H2,1-3H3,(H,17,18)(H2,15,16,19). The second kappa shape index (κ2) is 6.58. The zero-order valence-electron chi connectivity index (χ0n) is 11.3. The number of aryl methyl sites for hydroxylation is 1. The first-order chi connectivity index (χ1) is 8.90. The quantitative estimate of drug-likeness (QED) is 0.730. The highest BCUT2D eigenvalue weighted by molar-refractivity contribution is 5.92. The summed E-state index contributed by atoms with van der Waals surface area (Å²) in [4.78, 5) is 22.4. The topological polar surface area (TPSA) is 78.4 Å². The van der Waals surface area contributed by atoms with E-state index in [0.717, 1.165) is 5.57 Å². The molecule has 0 saturated carbocycles. The highest BCUT2D eigenvalue weighted by atomic mass is 16.4. The maximum atomic E-state index is 11.6. The Morgan fingerprint density at radius 2 is 2.00 bits per heavy atom. The molecular weight excluding hydrogens is 244 g/mol. The van der Waals surface area contributed by atoms with Gasteiger partial charge in [-0.25, -0.2) is 9.59 Å². The number of carboxylic acids is 1. The summed E-state index contributed by atoms with van der Waals surface area (Å²) in [6.45, 7) is 6.05. The maximum Gasteiger partial charge on any atom is 0.335 e. The van der Waals surface area contributed by atoms with Crippen LogP contribution in [-0.2, 0) is 0 Å². The SMILES string of the molecule is CC(C)=CCNC(=O)Nc1ccc(C(=O)O)c(C)c1. The number of aromatic carboxylic acids is 1. The Kier molecular flexibility index (Phi) is 5.11. The molecule has 0 saturated heterocycles. The van der Waals surface area contributed by atoms with Gasteiger partial charge >= 0.3 is 12.0 Å². The number of carbonyl (C=O) groups is 2. The van der Waals surface area contributed by atoms with Crippen LogP contribution in [0.25, 0.3) is 0 Å². The number of anilines is 1. The van der Waals surface area contributed by atoms with E-state index in [1.165, 1.54) is 6.07 Å². The van der Waals surface area contributed by atoms with Crippen molar-refractivity contribution in [1.29, 1.82) is 0 Å². The van der Waals surface area contributed by atoms with E-state index in [1.807, 2.05) is 19.9 Å². The van der Waals surface area contributed by atoms with Crippen molar-refractivity contribution in [2.75, 3.05) is 11.9 Å². The molecule has 0 heterocycles. The Morgan fingerprint density at radius 3 is 2.53 bits per heavy atom. The third kappa shape index (κ3) is 4.83. The van der Waals surface area contributed by atoms with Crippen molar-refractivity contribution in [3.05, 3.63) is 41.0 Å². The lowest BCUT2D eigenvalue weighted by molar-refractivity contribution is 0.0696. The zero-order chi connectivity index (χ0) is 14.4. The van der Waals surface area contributed by atoms with Gasteiger partial charge < -0.3 is 15.7 Å². The number of benzene rings is 1. The predicted molar refractivity (Wildman–Crippen MR) is 74.6 cm³/mol. The first kappa shape index (κ1) is 14.8. The number of amides is 2. The number of carboxylic acid groups (broad SMARTS) is 1. The van der Waals surface area contributed by atoms with Gasteiger partial charge in [0.05, 0.1) is 5.56 Å². The second-order valence-corrected chi connectivity index (χ2v) is 4.45. The van der Waals surface area contributed by atoms with Crippen LogP contribution in [0.3, 0.4) is 0 Å². The molecule has 0 aliphatic carbocycles. The number of hydrogen-bond acceptors (Lipinski definition) is 2. The van der Waals surface area contributed by atoms with E-state index in [4.69, 9.17) is 5.11 Å². The van der Waals surface area contributed by atoms with Gasteiger partial charge in [-0.1, -0.05) is 11.6 Å². The summed E-state index contributed by atoms with van der Waals surface area (Å²) in [6.07, 6.45) is 1.90. The molecule has 1 aromatic rings. The van der Waals surface area contributed by atoms with Crippen molar-refractivity contribution in [3.8, 4) is 0 Å². The van der Waals surface area contributed by atoms with Gasteiger partial charge in [0.15, 0.2) is 0 Å². The van der Waals surface area contributed by atoms with Gasteiger partial charge in [-0.3, -0.25) is 0 Å². The Bertz CT molecular complexity index is 517. The highest BCUT2D eigenvalue weighted by Gasteiger charge is 2.08. The third-order valence-electron chi connectivity index (χ3n) is 2.49. The number of urea groups is 1. The summed E-state index contributed by atoms with van der Waals surface area (Å²) < 4.78 is 0. The van der Waals surface area contributed by atoms with E-state index in [9.17, 15) is 9.59 Å². The Morgan fingerprint density at radius 1 is 1.32 bits per heavy atom. The summed E-state index contributed by atoms with van der Waals surface area (Å²) in [5.74, 6) is -0.975. The Balaban J connectivity index is 2.63. The number of rotatable bonds is 4. The van der Waals surface area contributed by atoms with E-state index < -0.39 is 5.97 Å². The minimum atomic E-state index is -0.975. The van der Waals surface area contributed by atoms with Crippen LogP contribution < -0.4 is 10.6 Å². The van der Waals surface area contributed by atoms with Gasteiger partial charge in [0, 0.05) is 12.2 Å². The van der Waals surface area contributed by atoms with Gasteiger partial charge in [0.25, 0.3) is 0 Å². The third-order valence-corrected chi connectivity index (χ3v) is 2.49. The fourth-order valence-corrected chi connectivity index (χ4v) is 1.50. The van der Waals surface area contributed by atoms with Crippen molar-refractivity contribution >= 4 is 17.7 Å². The molecular formula is C14H18N2O3. The van der Waals surface area contributed by atoms with Crippen molar-refractivity contribution in [1.82, 2.24) is 5.32 Å². The van der Waals surface area contributed by atoms with Crippen LogP contribution in [0.2, 0.25) is 0 Å². The summed E-state index contributed by atoms with van der Waals surface area (Å²) in [6, 6.07) is 4.35. The van der Waals surface area contributed by atoms with Crippen molar-refractivity contribution < 1.29 is 14.7 Å². The molecule has 0 spiro atoms. The minimum absolute atomic E-state index is 0.232. The van der Waals surface area contributed by atoms with Gasteiger partial charge in [0.2, 0.25) is 0 Å². The van der Waals surface area contributed by atoms with Crippen LogP contribution in [0.15, 0.2) is 29.8 Å². The van der Waals surface area contributed by atoms with Crippen LogP contribution in [0, 0.1) is 6.92 Å². The molecule has 0 aliphatic rings. The lowest BCUT2D eigenvalue weighted by atomic mass is 10.1. The first-order valence-electron chi connectivity index (χ1n) is 5.92. The summed E-state index contributed by atoms with van der Waals surface area (Å²) in [5.41, 5.74) is 2.53. The van der Waals surface area contributed by atoms with E-state index >= 15 is 0 Å². The average Bonchev–Trinajstić information content (AvgIpc) is 2.27.